The molecule has 0 aliphatic carbocycles. The molecule has 0 radical (unpaired) electrons. The van der Waals surface area contributed by atoms with E-state index < -0.39 is 11.7 Å². The van der Waals surface area contributed by atoms with Crippen LogP contribution < -0.4 is 4.74 Å². The van der Waals surface area contributed by atoms with Crippen LogP contribution in [0.4, 0.5) is 13.2 Å². The van der Waals surface area contributed by atoms with Gasteiger partial charge in [-0.05, 0) is 55.3 Å². The van der Waals surface area contributed by atoms with E-state index in [2.05, 4.69) is 0 Å². The van der Waals surface area contributed by atoms with E-state index in [-0.39, 0.29) is 25.5 Å². The number of carbonyl (C=O) groups excluding carboxylic acids is 1. The number of benzene rings is 2. The predicted octanol–water partition coefficient (Wildman–Crippen LogP) is 5.13. The average molecular weight is 405 g/mol. The van der Waals surface area contributed by atoms with E-state index in [4.69, 9.17) is 9.47 Å². The molecular weight excluding hydrogens is 383 g/mol. The summed E-state index contributed by atoms with van der Waals surface area (Å²) in [5, 5.41) is 0.821. The number of rotatable bonds is 6. The van der Waals surface area contributed by atoms with E-state index in [9.17, 15) is 18.0 Å². The van der Waals surface area contributed by atoms with Gasteiger partial charge in [0.25, 0.3) is 0 Å². The lowest BCUT2D eigenvalue weighted by Crippen LogP contribution is -2.10. The number of carbonyl (C=O) groups is 1. The molecule has 0 saturated heterocycles. The zero-order valence-corrected chi connectivity index (χ0v) is 16.5. The Morgan fingerprint density at radius 2 is 1.90 bits per heavy atom. The molecule has 0 atom stereocenters. The summed E-state index contributed by atoms with van der Waals surface area (Å²) in [7, 11) is 1.55. The molecule has 0 fully saturated rings. The van der Waals surface area contributed by atoms with Crippen LogP contribution in [0.5, 0.6) is 5.75 Å². The van der Waals surface area contributed by atoms with Crippen LogP contribution in [0.1, 0.15) is 29.3 Å². The van der Waals surface area contributed by atoms with Gasteiger partial charge in [0.05, 0.1) is 25.7 Å². The minimum Gasteiger partial charge on any atom is -0.497 e. The lowest BCUT2D eigenvalue weighted by Gasteiger charge is -2.12. The molecule has 0 N–H and O–H groups in total. The normalized spacial score (nSPS) is 11.7. The van der Waals surface area contributed by atoms with Crippen molar-refractivity contribution in [3.8, 4) is 5.75 Å². The number of methoxy groups -OCH3 is 1. The Bertz CT molecular complexity index is 1040. The number of nitrogens with zero attached hydrogens (tertiary/aromatic N) is 1. The lowest BCUT2D eigenvalue weighted by atomic mass is 10.1. The minimum atomic E-state index is -4.40. The summed E-state index contributed by atoms with van der Waals surface area (Å²) in [6.45, 7) is 4.13. The first-order valence-electron chi connectivity index (χ1n) is 9.22. The van der Waals surface area contributed by atoms with Gasteiger partial charge in [0.15, 0.2) is 0 Å². The van der Waals surface area contributed by atoms with Crippen LogP contribution in [0.3, 0.4) is 0 Å². The van der Waals surface area contributed by atoms with Gasteiger partial charge < -0.3 is 14.0 Å². The zero-order chi connectivity index (χ0) is 21.2. The highest BCUT2D eigenvalue weighted by Gasteiger charge is 2.30. The monoisotopic (exact) mass is 405 g/mol. The van der Waals surface area contributed by atoms with Crippen molar-refractivity contribution in [1.29, 1.82) is 0 Å². The molecule has 3 rings (SSSR count). The number of esters is 1. The van der Waals surface area contributed by atoms with Crippen LogP contribution in [-0.2, 0) is 28.7 Å². The minimum absolute atomic E-state index is 0.0823. The second-order valence-corrected chi connectivity index (χ2v) is 6.71. The average Bonchev–Trinajstić information content (AvgIpc) is 2.93. The Labute approximate surface area is 166 Å². The van der Waals surface area contributed by atoms with Gasteiger partial charge in [-0.15, -0.1) is 0 Å². The van der Waals surface area contributed by atoms with E-state index in [1.165, 1.54) is 6.07 Å². The first kappa shape index (κ1) is 20.8. The third-order valence-corrected chi connectivity index (χ3v) is 4.88. The molecule has 0 unspecified atom stereocenters. The second-order valence-electron chi connectivity index (χ2n) is 6.71. The van der Waals surface area contributed by atoms with Gasteiger partial charge in [-0.3, -0.25) is 4.79 Å². The molecule has 7 heteroatoms. The van der Waals surface area contributed by atoms with E-state index >= 15 is 0 Å². The molecule has 3 aromatic rings. The molecule has 0 aliphatic heterocycles. The SMILES string of the molecule is CCOC(=O)Cc1c(C)n(Cc2cccc(C(F)(F)F)c2)c2ccc(OC)cc12. The summed E-state index contributed by atoms with van der Waals surface area (Å²) in [5.41, 5.74) is 2.25. The Morgan fingerprint density at radius 1 is 1.14 bits per heavy atom. The van der Waals surface area contributed by atoms with Crippen LogP contribution in [0, 0.1) is 6.92 Å². The molecule has 0 saturated carbocycles. The summed E-state index contributed by atoms with van der Waals surface area (Å²) in [6, 6.07) is 10.7. The summed E-state index contributed by atoms with van der Waals surface area (Å²) in [5.74, 6) is 0.287. The maximum absolute atomic E-state index is 13.1. The first-order valence-corrected chi connectivity index (χ1v) is 9.22. The van der Waals surface area contributed by atoms with Crippen molar-refractivity contribution < 1.29 is 27.4 Å². The van der Waals surface area contributed by atoms with Crippen molar-refractivity contribution in [3.05, 3.63) is 64.8 Å². The molecule has 4 nitrogen and oxygen atoms in total. The summed E-state index contributed by atoms with van der Waals surface area (Å²) in [6.07, 6.45) is -4.31. The highest BCUT2D eigenvalue weighted by Crippen LogP contribution is 2.32. The number of halogens is 3. The van der Waals surface area contributed by atoms with Gasteiger partial charge in [-0.2, -0.15) is 13.2 Å². The topological polar surface area (TPSA) is 40.5 Å². The highest BCUT2D eigenvalue weighted by molar-refractivity contribution is 5.90. The summed E-state index contributed by atoms with van der Waals surface area (Å²) < 4.78 is 51.5. The van der Waals surface area contributed by atoms with Gasteiger partial charge in [-0.1, -0.05) is 12.1 Å². The molecule has 0 spiro atoms. The smallest absolute Gasteiger partial charge is 0.416 e. The van der Waals surface area contributed by atoms with Crippen molar-refractivity contribution in [2.45, 2.75) is 33.0 Å². The Morgan fingerprint density at radius 3 is 2.55 bits per heavy atom. The van der Waals surface area contributed by atoms with Crippen molar-refractivity contribution in [2.75, 3.05) is 13.7 Å². The Hall–Kier alpha value is -2.96. The molecule has 0 bridgehead atoms. The zero-order valence-electron chi connectivity index (χ0n) is 16.5. The molecule has 1 aromatic heterocycles. The lowest BCUT2D eigenvalue weighted by molar-refractivity contribution is -0.142. The predicted molar refractivity (Wildman–Crippen MR) is 104 cm³/mol. The fourth-order valence-corrected chi connectivity index (χ4v) is 3.47. The number of aromatic nitrogens is 1. The second kappa shape index (κ2) is 8.19. The maximum Gasteiger partial charge on any atom is 0.416 e. The fraction of sp³-hybridized carbons (Fsp3) is 0.318. The number of alkyl halides is 3. The highest BCUT2D eigenvalue weighted by atomic mass is 19.4. The number of hydrogen-bond donors (Lipinski definition) is 0. The van der Waals surface area contributed by atoms with Crippen molar-refractivity contribution >= 4 is 16.9 Å². The summed E-state index contributed by atoms with van der Waals surface area (Å²) >= 11 is 0. The Balaban J connectivity index is 2.08. The number of ether oxygens (including phenoxy) is 2. The molecular formula is C22H22F3NO3. The number of fused-ring (bicyclic) bond motifs is 1. The standard InChI is InChI=1S/C22H22F3NO3/c1-4-29-21(27)12-18-14(2)26(20-9-8-17(28-3)11-19(18)20)13-15-6-5-7-16(10-15)22(23,24)25/h5-11H,4,12-13H2,1-3H3. The van der Waals surface area contributed by atoms with Crippen LogP contribution in [0.15, 0.2) is 42.5 Å². The molecule has 0 aliphatic rings. The maximum atomic E-state index is 13.1. The van der Waals surface area contributed by atoms with Gasteiger partial charge >= 0.3 is 12.1 Å². The summed E-state index contributed by atoms with van der Waals surface area (Å²) in [4.78, 5) is 12.1. The number of hydrogen-bond acceptors (Lipinski definition) is 3. The van der Waals surface area contributed by atoms with Crippen LogP contribution in [0.25, 0.3) is 10.9 Å². The molecule has 2 aromatic carbocycles. The van der Waals surface area contributed by atoms with Gasteiger partial charge in [-0.25, -0.2) is 0 Å². The third-order valence-electron chi connectivity index (χ3n) is 4.88. The van der Waals surface area contributed by atoms with Crippen LogP contribution >= 0.6 is 0 Å². The van der Waals surface area contributed by atoms with Gasteiger partial charge in [0, 0.05) is 23.1 Å². The van der Waals surface area contributed by atoms with Gasteiger partial charge in [0.1, 0.15) is 5.75 Å². The van der Waals surface area contributed by atoms with E-state index in [0.717, 1.165) is 34.3 Å². The van der Waals surface area contributed by atoms with E-state index in [1.807, 2.05) is 23.6 Å². The van der Waals surface area contributed by atoms with Crippen LogP contribution in [-0.4, -0.2) is 24.3 Å². The first-order chi connectivity index (χ1) is 13.7. The fourth-order valence-electron chi connectivity index (χ4n) is 3.47. The largest absolute Gasteiger partial charge is 0.497 e. The van der Waals surface area contributed by atoms with Gasteiger partial charge in [0.2, 0.25) is 0 Å². The molecule has 154 valence electrons. The van der Waals surface area contributed by atoms with Crippen molar-refractivity contribution in [2.24, 2.45) is 0 Å². The third kappa shape index (κ3) is 4.39. The molecule has 29 heavy (non-hydrogen) atoms. The molecule has 0 amide bonds. The van der Waals surface area contributed by atoms with E-state index in [1.54, 1.807) is 26.2 Å². The van der Waals surface area contributed by atoms with Crippen molar-refractivity contribution in [3.63, 3.8) is 0 Å². The Kier molecular flexibility index (Phi) is 5.86. The molecule has 1 heterocycles. The van der Waals surface area contributed by atoms with Crippen LogP contribution in [0.2, 0.25) is 0 Å². The van der Waals surface area contributed by atoms with Crippen molar-refractivity contribution in [1.82, 2.24) is 4.57 Å². The van der Waals surface area contributed by atoms with E-state index in [0.29, 0.717) is 11.3 Å². The quantitative estimate of drug-likeness (QED) is 0.534.